The highest BCUT2D eigenvalue weighted by Gasteiger charge is 2.22. The lowest BCUT2D eigenvalue weighted by Gasteiger charge is -2.25. The SMILES string of the molecule is N#Cc1c(F)cccc1Oc1ccc2c(c1)C1=NCCCCN1C=N2. The topological polar surface area (TPSA) is 61.0 Å². The molecule has 0 bridgehead atoms. The lowest BCUT2D eigenvalue weighted by atomic mass is 10.1. The normalized spacial score (nSPS) is 15.5. The standard InChI is InChI=1S/C19H15FN4O/c20-16-4-3-5-18(15(16)11-21)25-13-6-7-17-14(10-13)19-22-8-1-2-9-24(19)12-23-17/h3-7,10,12H,1-2,8-9H2. The number of fused-ring (bicyclic) bond motifs is 3. The Bertz CT molecular complexity index is 930. The summed E-state index contributed by atoms with van der Waals surface area (Å²) in [6.45, 7) is 1.67. The van der Waals surface area contributed by atoms with E-state index in [1.54, 1.807) is 12.1 Å². The Balaban J connectivity index is 1.72. The first-order chi connectivity index (χ1) is 12.3. The van der Waals surface area contributed by atoms with Crippen LogP contribution < -0.4 is 4.74 Å². The number of rotatable bonds is 2. The van der Waals surface area contributed by atoms with Crippen LogP contribution in [0.2, 0.25) is 0 Å². The number of amidine groups is 1. The highest BCUT2D eigenvalue weighted by atomic mass is 19.1. The number of benzene rings is 2. The molecule has 2 aliphatic heterocycles. The smallest absolute Gasteiger partial charge is 0.148 e. The van der Waals surface area contributed by atoms with Crippen LogP contribution in [-0.2, 0) is 0 Å². The van der Waals surface area contributed by atoms with Crippen LogP contribution in [0.25, 0.3) is 0 Å². The average molecular weight is 334 g/mol. The summed E-state index contributed by atoms with van der Waals surface area (Å²) in [5.41, 5.74) is 1.60. The molecule has 0 amide bonds. The van der Waals surface area contributed by atoms with Gasteiger partial charge in [0.1, 0.15) is 34.8 Å². The van der Waals surface area contributed by atoms with Gasteiger partial charge in [-0.2, -0.15) is 5.26 Å². The molecule has 4 rings (SSSR count). The molecule has 5 nitrogen and oxygen atoms in total. The minimum absolute atomic E-state index is 0.105. The van der Waals surface area contributed by atoms with Gasteiger partial charge >= 0.3 is 0 Å². The van der Waals surface area contributed by atoms with Gasteiger partial charge in [0.25, 0.3) is 0 Å². The fourth-order valence-electron chi connectivity index (χ4n) is 2.96. The number of hydrogen-bond acceptors (Lipinski definition) is 5. The van der Waals surface area contributed by atoms with Gasteiger partial charge in [-0.05, 0) is 43.2 Å². The van der Waals surface area contributed by atoms with Crippen molar-refractivity contribution < 1.29 is 9.13 Å². The summed E-state index contributed by atoms with van der Waals surface area (Å²) < 4.78 is 19.5. The largest absolute Gasteiger partial charge is 0.456 e. The van der Waals surface area contributed by atoms with E-state index in [4.69, 9.17) is 10.00 Å². The second kappa shape index (κ2) is 6.36. The molecule has 0 N–H and O–H groups in total. The Morgan fingerprint density at radius 2 is 2.12 bits per heavy atom. The molecule has 2 heterocycles. The molecular weight excluding hydrogens is 319 g/mol. The van der Waals surface area contributed by atoms with E-state index in [-0.39, 0.29) is 11.3 Å². The van der Waals surface area contributed by atoms with Crippen molar-refractivity contribution in [1.29, 1.82) is 5.26 Å². The summed E-state index contributed by atoms with van der Waals surface area (Å²) in [7, 11) is 0. The van der Waals surface area contributed by atoms with E-state index in [2.05, 4.69) is 9.98 Å². The molecule has 0 saturated heterocycles. The zero-order chi connectivity index (χ0) is 17.2. The van der Waals surface area contributed by atoms with Gasteiger partial charge in [-0.1, -0.05) is 6.07 Å². The Kier molecular flexibility index (Phi) is 3.90. The Hall–Kier alpha value is -3.20. The maximum atomic E-state index is 13.7. The van der Waals surface area contributed by atoms with Crippen molar-refractivity contribution in [2.75, 3.05) is 13.1 Å². The van der Waals surface area contributed by atoms with Crippen molar-refractivity contribution in [3.8, 4) is 17.6 Å². The number of nitrogens with zero attached hydrogens (tertiary/aromatic N) is 4. The van der Waals surface area contributed by atoms with E-state index in [1.165, 1.54) is 12.1 Å². The minimum Gasteiger partial charge on any atom is -0.456 e. The van der Waals surface area contributed by atoms with Crippen LogP contribution in [0.5, 0.6) is 11.5 Å². The maximum absolute atomic E-state index is 13.7. The lowest BCUT2D eigenvalue weighted by molar-refractivity contribution is 0.474. The first-order valence-corrected chi connectivity index (χ1v) is 8.12. The minimum atomic E-state index is -0.595. The van der Waals surface area contributed by atoms with E-state index in [0.717, 1.165) is 43.0 Å². The van der Waals surface area contributed by atoms with E-state index < -0.39 is 5.82 Å². The number of nitriles is 1. The third kappa shape index (κ3) is 2.85. The number of ether oxygens (including phenoxy) is 1. The zero-order valence-corrected chi connectivity index (χ0v) is 13.4. The van der Waals surface area contributed by atoms with Crippen LogP contribution in [0.15, 0.2) is 46.4 Å². The molecule has 25 heavy (non-hydrogen) atoms. The number of halogens is 1. The predicted molar refractivity (Wildman–Crippen MR) is 93.1 cm³/mol. The first-order valence-electron chi connectivity index (χ1n) is 8.12. The van der Waals surface area contributed by atoms with Gasteiger partial charge in [0.05, 0.1) is 12.0 Å². The lowest BCUT2D eigenvalue weighted by Crippen LogP contribution is -2.32. The summed E-state index contributed by atoms with van der Waals surface area (Å²) in [5.74, 6) is 1.00. The van der Waals surface area contributed by atoms with Crippen molar-refractivity contribution in [2.45, 2.75) is 12.8 Å². The molecule has 0 atom stereocenters. The van der Waals surface area contributed by atoms with E-state index in [0.29, 0.717) is 5.75 Å². The highest BCUT2D eigenvalue weighted by molar-refractivity contribution is 6.10. The summed E-state index contributed by atoms with van der Waals surface area (Å²) in [4.78, 5) is 11.2. The quantitative estimate of drug-likeness (QED) is 0.834. The monoisotopic (exact) mass is 334 g/mol. The molecule has 0 radical (unpaired) electrons. The molecular formula is C19H15FN4O. The Morgan fingerprint density at radius 3 is 3.00 bits per heavy atom. The second-order valence-electron chi connectivity index (χ2n) is 5.86. The molecule has 0 spiro atoms. The van der Waals surface area contributed by atoms with Crippen molar-refractivity contribution in [2.24, 2.45) is 9.98 Å². The van der Waals surface area contributed by atoms with Crippen molar-refractivity contribution in [3.05, 3.63) is 53.3 Å². The molecule has 0 saturated carbocycles. The van der Waals surface area contributed by atoms with E-state index in [1.807, 2.05) is 29.4 Å². The summed E-state index contributed by atoms with van der Waals surface area (Å²) in [6, 6.07) is 11.6. The Labute approximate surface area is 144 Å². The van der Waals surface area contributed by atoms with Gasteiger partial charge in [0.2, 0.25) is 0 Å². The van der Waals surface area contributed by atoms with Gasteiger partial charge in [-0.15, -0.1) is 0 Å². The first kappa shape index (κ1) is 15.3. The molecule has 0 fully saturated rings. The molecule has 2 aromatic carbocycles. The van der Waals surface area contributed by atoms with Crippen LogP contribution >= 0.6 is 0 Å². The van der Waals surface area contributed by atoms with Crippen molar-refractivity contribution >= 4 is 17.9 Å². The maximum Gasteiger partial charge on any atom is 0.148 e. The Morgan fingerprint density at radius 1 is 1.20 bits per heavy atom. The van der Waals surface area contributed by atoms with E-state index >= 15 is 0 Å². The zero-order valence-electron chi connectivity index (χ0n) is 13.4. The molecule has 124 valence electrons. The van der Waals surface area contributed by atoms with Crippen LogP contribution in [0.3, 0.4) is 0 Å². The molecule has 6 heteroatoms. The van der Waals surface area contributed by atoms with Crippen molar-refractivity contribution in [1.82, 2.24) is 4.90 Å². The summed E-state index contributed by atoms with van der Waals surface area (Å²) in [6.07, 6.45) is 3.93. The summed E-state index contributed by atoms with van der Waals surface area (Å²) >= 11 is 0. The third-order valence-corrected chi connectivity index (χ3v) is 4.20. The van der Waals surface area contributed by atoms with Crippen LogP contribution in [0.4, 0.5) is 10.1 Å². The highest BCUT2D eigenvalue weighted by Crippen LogP contribution is 2.33. The van der Waals surface area contributed by atoms with Crippen LogP contribution in [0.1, 0.15) is 24.0 Å². The van der Waals surface area contributed by atoms with Gasteiger partial charge in [0.15, 0.2) is 0 Å². The number of aliphatic imine (C=N–C) groups is 2. The van der Waals surface area contributed by atoms with Crippen LogP contribution in [-0.4, -0.2) is 30.2 Å². The fraction of sp³-hybridized carbons (Fsp3) is 0.211. The molecule has 2 aromatic rings. The molecule has 2 aliphatic rings. The van der Waals surface area contributed by atoms with E-state index in [9.17, 15) is 4.39 Å². The fourth-order valence-corrected chi connectivity index (χ4v) is 2.96. The second-order valence-corrected chi connectivity index (χ2v) is 5.86. The van der Waals surface area contributed by atoms with Gasteiger partial charge in [0, 0.05) is 18.7 Å². The van der Waals surface area contributed by atoms with Crippen LogP contribution in [0, 0.1) is 17.1 Å². The molecule has 0 aliphatic carbocycles. The third-order valence-electron chi connectivity index (χ3n) is 4.20. The van der Waals surface area contributed by atoms with Gasteiger partial charge < -0.3 is 9.64 Å². The van der Waals surface area contributed by atoms with Gasteiger partial charge in [-0.25, -0.2) is 9.38 Å². The van der Waals surface area contributed by atoms with Gasteiger partial charge in [-0.3, -0.25) is 4.99 Å². The van der Waals surface area contributed by atoms with Crippen molar-refractivity contribution in [3.63, 3.8) is 0 Å². The molecule has 0 unspecified atom stereocenters. The predicted octanol–water partition coefficient (Wildman–Crippen LogP) is 4.01. The average Bonchev–Trinajstić information content (AvgIpc) is 2.87. The molecule has 0 aromatic heterocycles. The summed E-state index contributed by atoms with van der Waals surface area (Å²) in [5, 5.41) is 9.14. The number of hydrogen-bond donors (Lipinski definition) is 0.